The highest BCUT2D eigenvalue weighted by atomic mass is 35.5. The van der Waals surface area contributed by atoms with Gasteiger partial charge in [-0.2, -0.15) is 0 Å². The first-order valence-corrected chi connectivity index (χ1v) is 10.3. The SMILES string of the molecule is NC(=O)CCCn1c(Cc2cccc(Cl)c2)nc2sc3c(c2c1=O)CCC3. The lowest BCUT2D eigenvalue weighted by Crippen LogP contribution is -2.26. The van der Waals surface area contributed by atoms with Crippen molar-refractivity contribution in [3.05, 3.63) is 61.5 Å². The maximum atomic E-state index is 13.3. The average molecular weight is 402 g/mol. The van der Waals surface area contributed by atoms with Gasteiger partial charge in [-0.25, -0.2) is 4.98 Å². The predicted molar refractivity (Wildman–Crippen MR) is 109 cm³/mol. The second-order valence-corrected chi connectivity index (χ2v) is 8.42. The Balaban J connectivity index is 1.79. The molecule has 0 atom stereocenters. The number of nitrogens with two attached hydrogens (primary N) is 1. The topological polar surface area (TPSA) is 78.0 Å². The molecular formula is C20H20ClN3O2S. The van der Waals surface area contributed by atoms with Crippen LogP contribution in [0.25, 0.3) is 10.2 Å². The van der Waals surface area contributed by atoms with Crippen molar-refractivity contribution in [1.29, 1.82) is 0 Å². The van der Waals surface area contributed by atoms with Crippen LogP contribution in [-0.4, -0.2) is 15.5 Å². The van der Waals surface area contributed by atoms with Crippen molar-refractivity contribution >= 4 is 39.1 Å². The largest absolute Gasteiger partial charge is 0.370 e. The lowest BCUT2D eigenvalue weighted by atomic mass is 10.1. The molecule has 1 aliphatic rings. The van der Waals surface area contributed by atoms with Gasteiger partial charge in [-0.15, -0.1) is 11.3 Å². The first-order chi connectivity index (χ1) is 13.0. The van der Waals surface area contributed by atoms with Gasteiger partial charge in [-0.1, -0.05) is 23.7 Å². The third kappa shape index (κ3) is 3.64. The summed E-state index contributed by atoms with van der Waals surface area (Å²) in [5.74, 6) is 0.351. The van der Waals surface area contributed by atoms with E-state index in [1.165, 1.54) is 10.4 Å². The fourth-order valence-electron chi connectivity index (χ4n) is 3.73. The molecular weight excluding hydrogens is 382 g/mol. The Morgan fingerprint density at radius 3 is 2.96 bits per heavy atom. The third-order valence-electron chi connectivity index (χ3n) is 4.96. The Bertz CT molecular complexity index is 1090. The molecule has 27 heavy (non-hydrogen) atoms. The molecule has 2 aromatic heterocycles. The van der Waals surface area contributed by atoms with Crippen LogP contribution in [0.15, 0.2) is 29.1 Å². The number of nitrogens with zero attached hydrogens (tertiary/aromatic N) is 2. The molecule has 5 nitrogen and oxygen atoms in total. The molecule has 1 amide bonds. The summed E-state index contributed by atoms with van der Waals surface area (Å²) in [7, 11) is 0. The highest BCUT2D eigenvalue weighted by Crippen LogP contribution is 2.35. The van der Waals surface area contributed by atoms with Crippen molar-refractivity contribution < 1.29 is 4.79 Å². The van der Waals surface area contributed by atoms with Crippen molar-refractivity contribution in [3.63, 3.8) is 0 Å². The van der Waals surface area contributed by atoms with Gasteiger partial charge >= 0.3 is 0 Å². The maximum Gasteiger partial charge on any atom is 0.262 e. The second-order valence-electron chi connectivity index (χ2n) is 6.90. The van der Waals surface area contributed by atoms with E-state index in [0.29, 0.717) is 30.2 Å². The first-order valence-electron chi connectivity index (χ1n) is 9.09. The van der Waals surface area contributed by atoms with E-state index in [1.54, 1.807) is 15.9 Å². The highest BCUT2D eigenvalue weighted by molar-refractivity contribution is 7.18. The average Bonchev–Trinajstić information content (AvgIpc) is 3.18. The van der Waals surface area contributed by atoms with Crippen LogP contribution in [0.2, 0.25) is 5.02 Å². The number of hydrogen-bond acceptors (Lipinski definition) is 4. The number of halogens is 1. The summed E-state index contributed by atoms with van der Waals surface area (Å²) in [6, 6.07) is 7.58. The summed E-state index contributed by atoms with van der Waals surface area (Å²) in [6.07, 6.45) is 4.37. The van der Waals surface area contributed by atoms with Crippen molar-refractivity contribution in [3.8, 4) is 0 Å². The number of aromatic nitrogens is 2. The molecule has 3 aromatic rings. The molecule has 0 bridgehead atoms. The summed E-state index contributed by atoms with van der Waals surface area (Å²) < 4.78 is 1.72. The highest BCUT2D eigenvalue weighted by Gasteiger charge is 2.23. The molecule has 4 rings (SSSR count). The molecule has 0 radical (unpaired) electrons. The van der Waals surface area contributed by atoms with Gasteiger partial charge in [0.05, 0.1) is 5.39 Å². The van der Waals surface area contributed by atoms with Crippen LogP contribution in [0.4, 0.5) is 0 Å². The standard InChI is InChI=1S/C20H20ClN3O2S/c21-13-5-1-4-12(10-13)11-17-23-19-18(14-6-2-7-15(14)27-19)20(26)24(17)9-3-8-16(22)25/h1,4-5,10H,2-3,6-9,11H2,(H2,22,25). The molecule has 1 aromatic carbocycles. The molecule has 2 heterocycles. The number of fused-ring (bicyclic) bond motifs is 3. The zero-order valence-electron chi connectivity index (χ0n) is 14.8. The Hall–Kier alpha value is -2.18. The molecule has 2 N–H and O–H groups in total. The first kappa shape index (κ1) is 18.2. The van der Waals surface area contributed by atoms with Crippen LogP contribution in [-0.2, 0) is 30.6 Å². The third-order valence-corrected chi connectivity index (χ3v) is 6.38. The second kappa shape index (κ2) is 7.44. The van der Waals surface area contributed by atoms with Gasteiger partial charge in [-0.05, 0) is 48.9 Å². The molecule has 7 heteroatoms. The van der Waals surface area contributed by atoms with E-state index in [2.05, 4.69) is 0 Å². The molecule has 140 valence electrons. The Labute approximate surface area is 165 Å². The van der Waals surface area contributed by atoms with Gasteiger partial charge < -0.3 is 5.73 Å². The number of primary amides is 1. The van der Waals surface area contributed by atoms with Crippen LogP contribution in [0, 0.1) is 0 Å². The number of thiophene rings is 1. The summed E-state index contributed by atoms with van der Waals surface area (Å²) in [6.45, 7) is 0.436. The zero-order chi connectivity index (χ0) is 19.0. The molecule has 0 saturated heterocycles. The van der Waals surface area contributed by atoms with Crippen LogP contribution in [0.1, 0.15) is 41.1 Å². The van der Waals surface area contributed by atoms with Crippen LogP contribution < -0.4 is 11.3 Å². The van der Waals surface area contributed by atoms with Crippen molar-refractivity contribution in [2.45, 2.75) is 45.1 Å². The number of rotatable bonds is 6. The lowest BCUT2D eigenvalue weighted by Gasteiger charge is -2.13. The van der Waals surface area contributed by atoms with Crippen LogP contribution >= 0.6 is 22.9 Å². The lowest BCUT2D eigenvalue weighted by molar-refractivity contribution is -0.118. The fourth-order valence-corrected chi connectivity index (χ4v) is 5.21. The number of carbonyl (C=O) groups is 1. The number of hydrogen-bond donors (Lipinski definition) is 1. The smallest absolute Gasteiger partial charge is 0.262 e. The predicted octanol–water partition coefficient (Wildman–Crippen LogP) is 3.46. The van der Waals surface area contributed by atoms with Crippen molar-refractivity contribution in [2.75, 3.05) is 0 Å². The van der Waals surface area contributed by atoms with Crippen molar-refractivity contribution in [2.24, 2.45) is 5.73 Å². The van der Waals surface area contributed by atoms with E-state index in [9.17, 15) is 9.59 Å². The van der Waals surface area contributed by atoms with Gasteiger partial charge in [0.2, 0.25) is 5.91 Å². The molecule has 0 saturated carbocycles. The minimum Gasteiger partial charge on any atom is -0.370 e. The number of carbonyl (C=O) groups excluding carboxylic acids is 1. The Kier molecular flexibility index (Phi) is 5.02. The van der Waals surface area contributed by atoms with Gasteiger partial charge in [0.15, 0.2) is 0 Å². The van der Waals surface area contributed by atoms with Gasteiger partial charge in [0.25, 0.3) is 5.56 Å². The Morgan fingerprint density at radius 1 is 1.33 bits per heavy atom. The summed E-state index contributed by atoms with van der Waals surface area (Å²) in [5.41, 5.74) is 7.44. The Morgan fingerprint density at radius 2 is 2.19 bits per heavy atom. The van der Waals surface area contributed by atoms with Gasteiger partial charge in [0.1, 0.15) is 10.7 Å². The summed E-state index contributed by atoms with van der Waals surface area (Å²) in [4.78, 5) is 31.4. The molecule has 0 unspecified atom stereocenters. The van der Waals surface area contributed by atoms with Crippen molar-refractivity contribution in [1.82, 2.24) is 9.55 Å². The van der Waals surface area contributed by atoms with Gasteiger partial charge in [-0.3, -0.25) is 14.2 Å². The minimum absolute atomic E-state index is 0.000832. The van der Waals surface area contributed by atoms with Crippen LogP contribution in [0.5, 0.6) is 0 Å². The quantitative estimate of drug-likeness (QED) is 0.687. The minimum atomic E-state index is -0.357. The zero-order valence-corrected chi connectivity index (χ0v) is 16.4. The van der Waals surface area contributed by atoms with Crippen LogP contribution in [0.3, 0.4) is 0 Å². The van der Waals surface area contributed by atoms with E-state index in [4.69, 9.17) is 22.3 Å². The van der Waals surface area contributed by atoms with Gasteiger partial charge in [0, 0.05) is 29.3 Å². The maximum absolute atomic E-state index is 13.3. The van der Waals surface area contributed by atoms with E-state index < -0.39 is 0 Å². The fraction of sp³-hybridized carbons (Fsp3) is 0.350. The number of benzene rings is 1. The van der Waals surface area contributed by atoms with E-state index in [1.807, 2.05) is 24.3 Å². The monoisotopic (exact) mass is 401 g/mol. The summed E-state index contributed by atoms with van der Waals surface area (Å²) >= 11 is 7.75. The molecule has 0 aliphatic heterocycles. The molecule has 1 aliphatic carbocycles. The number of amides is 1. The van der Waals surface area contributed by atoms with E-state index in [-0.39, 0.29) is 17.9 Å². The normalized spacial score (nSPS) is 13.2. The molecule has 0 spiro atoms. The molecule has 0 fully saturated rings. The van der Waals surface area contributed by atoms with E-state index in [0.717, 1.165) is 35.0 Å². The van der Waals surface area contributed by atoms with E-state index >= 15 is 0 Å². The number of aryl methyl sites for hydroxylation is 2. The summed E-state index contributed by atoms with van der Waals surface area (Å²) in [5, 5.41) is 1.42.